The molecule has 2 unspecified atom stereocenters. The Morgan fingerprint density at radius 3 is 2.53 bits per heavy atom. The van der Waals surface area contributed by atoms with Crippen LogP contribution < -0.4 is 5.32 Å². The van der Waals surface area contributed by atoms with Crippen LogP contribution in [0.25, 0.3) is 0 Å². The predicted molar refractivity (Wildman–Crippen MR) is 64.9 cm³/mol. The van der Waals surface area contributed by atoms with Crippen molar-refractivity contribution in [1.29, 1.82) is 0 Å². The zero-order valence-corrected chi connectivity index (χ0v) is 11.2. The van der Waals surface area contributed by atoms with E-state index in [4.69, 9.17) is 0 Å². The van der Waals surface area contributed by atoms with Crippen LogP contribution in [0.2, 0.25) is 0 Å². The van der Waals surface area contributed by atoms with Gasteiger partial charge in [-0.15, -0.1) is 0 Å². The minimum absolute atomic E-state index is 0.132. The summed E-state index contributed by atoms with van der Waals surface area (Å²) in [7, 11) is -3.26. The highest BCUT2D eigenvalue weighted by atomic mass is 32.2. The van der Waals surface area contributed by atoms with Gasteiger partial charge in [0.1, 0.15) is 6.04 Å². The van der Waals surface area contributed by atoms with Crippen molar-refractivity contribution in [1.82, 2.24) is 9.62 Å². The SMILES string of the molecule is CC(NC(=O)C1CCCN1S(C)(=O)=O)C1CC1. The van der Waals surface area contributed by atoms with Crippen LogP contribution in [0, 0.1) is 5.92 Å². The molecule has 1 amide bonds. The van der Waals surface area contributed by atoms with E-state index in [0.29, 0.717) is 18.9 Å². The molecular formula is C11H20N2O3S. The molecule has 0 aromatic carbocycles. The number of hydrogen-bond donors (Lipinski definition) is 1. The normalized spacial score (nSPS) is 28.0. The summed E-state index contributed by atoms with van der Waals surface area (Å²) in [4.78, 5) is 12.0. The zero-order chi connectivity index (χ0) is 12.6. The molecular weight excluding hydrogens is 240 g/mol. The van der Waals surface area contributed by atoms with Gasteiger partial charge in [-0.25, -0.2) is 8.42 Å². The number of nitrogens with one attached hydrogen (secondary N) is 1. The molecule has 17 heavy (non-hydrogen) atoms. The van der Waals surface area contributed by atoms with Crippen molar-refractivity contribution in [3.8, 4) is 0 Å². The highest BCUT2D eigenvalue weighted by Gasteiger charge is 2.38. The Kier molecular flexibility index (Phi) is 3.45. The molecule has 6 heteroatoms. The van der Waals surface area contributed by atoms with Gasteiger partial charge >= 0.3 is 0 Å². The third kappa shape index (κ3) is 2.98. The number of sulfonamides is 1. The third-order valence-corrected chi connectivity index (χ3v) is 4.92. The fraction of sp³-hybridized carbons (Fsp3) is 0.909. The quantitative estimate of drug-likeness (QED) is 0.792. The molecule has 2 fully saturated rings. The Hall–Kier alpha value is -0.620. The van der Waals surface area contributed by atoms with Gasteiger partial charge in [0.15, 0.2) is 0 Å². The first-order valence-corrected chi connectivity index (χ1v) is 8.01. The first-order chi connectivity index (χ1) is 7.89. The van der Waals surface area contributed by atoms with Crippen LogP contribution in [-0.2, 0) is 14.8 Å². The summed E-state index contributed by atoms with van der Waals surface area (Å²) in [6, 6.07) is -0.323. The lowest BCUT2D eigenvalue weighted by atomic mass is 10.1. The lowest BCUT2D eigenvalue weighted by molar-refractivity contribution is -0.124. The molecule has 1 saturated heterocycles. The first kappa shape index (κ1) is 12.8. The van der Waals surface area contributed by atoms with Gasteiger partial charge in [0.05, 0.1) is 6.26 Å². The van der Waals surface area contributed by atoms with Gasteiger partial charge in [0.2, 0.25) is 15.9 Å². The van der Waals surface area contributed by atoms with Crippen molar-refractivity contribution in [2.45, 2.75) is 44.7 Å². The second-order valence-electron chi connectivity index (χ2n) is 5.17. The van der Waals surface area contributed by atoms with E-state index in [-0.39, 0.29) is 11.9 Å². The first-order valence-electron chi connectivity index (χ1n) is 6.17. The molecule has 0 aromatic rings. The molecule has 1 heterocycles. The maximum Gasteiger partial charge on any atom is 0.238 e. The number of carbonyl (C=O) groups is 1. The summed E-state index contributed by atoms with van der Waals surface area (Å²) in [6.07, 6.45) is 4.91. The Balaban J connectivity index is 1.98. The summed E-state index contributed by atoms with van der Waals surface area (Å²) in [5, 5.41) is 2.94. The van der Waals surface area contributed by atoms with Crippen LogP contribution >= 0.6 is 0 Å². The summed E-state index contributed by atoms with van der Waals surface area (Å²) in [5.41, 5.74) is 0. The average Bonchev–Trinajstić information content (AvgIpc) is 2.93. The highest BCUT2D eigenvalue weighted by molar-refractivity contribution is 7.88. The number of amides is 1. The standard InChI is InChI=1S/C11H20N2O3S/c1-8(9-5-6-9)12-11(14)10-4-3-7-13(10)17(2,15)16/h8-10H,3-7H2,1-2H3,(H,12,14). The molecule has 1 aliphatic carbocycles. The number of rotatable bonds is 4. The molecule has 5 nitrogen and oxygen atoms in total. The van der Waals surface area contributed by atoms with Crippen molar-refractivity contribution in [2.75, 3.05) is 12.8 Å². The molecule has 0 bridgehead atoms. The summed E-state index contributed by atoms with van der Waals surface area (Å²) < 4.78 is 24.4. The third-order valence-electron chi connectivity index (χ3n) is 3.63. The fourth-order valence-corrected chi connectivity index (χ4v) is 3.56. The molecule has 0 spiro atoms. The van der Waals surface area contributed by atoms with Crippen LogP contribution in [0.1, 0.15) is 32.6 Å². The Morgan fingerprint density at radius 2 is 2.00 bits per heavy atom. The summed E-state index contributed by atoms with van der Waals surface area (Å²) >= 11 is 0. The Labute approximate surface area is 103 Å². The molecule has 2 atom stereocenters. The number of carbonyl (C=O) groups excluding carboxylic acids is 1. The van der Waals surface area contributed by atoms with E-state index in [1.807, 2.05) is 6.92 Å². The van der Waals surface area contributed by atoms with Crippen LogP contribution in [-0.4, -0.2) is 43.5 Å². The van der Waals surface area contributed by atoms with Gasteiger partial charge in [-0.05, 0) is 38.5 Å². The topological polar surface area (TPSA) is 66.5 Å². The lowest BCUT2D eigenvalue weighted by Crippen LogP contribution is -2.48. The minimum Gasteiger partial charge on any atom is -0.352 e. The molecule has 1 saturated carbocycles. The van der Waals surface area contributed by atoms with Crippen LogP contribution in [0.5, 0.6) is 0 Å². The Morgan fingerprint density at radius 1 is 1.35 bits per heavy atom. The van der Waals surface area contributed by atoms with Crippen molar-refractivity contribution < 1.29 is 13.2 Å². The zero-order valence-electron chi connectivity index (χ0n) is 10.3. The average molecular weight is 260 g/mol. The molecule has 0 aromatic heterocycles. The second kappa shape index (κ2) is 4.57. The Bertz CT molecular complexity index is 403. The van der Waals surface area contributed by atoms with Crippen LogP contribution in [0.3, 0.4) is 0 Å². The fourth-order valence-electron chi connectivity index (χ4n) is 2.43. The van der Waals surface area contributed by atoms with Gasteiger partial charge in [-0.2, -0.15) is 4.31 Å². The second-order valence-corrected chi connectivity index (χ2v) is 7.10. The van der Waals surface area contributed by atoms with E-state index < -0.39 is 16.1 Å². The van der Waals surface area contributed by atoms with Crippen molar-refractivity contribution in [2.24, 2.45) is 5.92 Å². The summed E-state index contributed by atoms with van der Waals surface area (Å²) in [5.74, 6) is 0.458. The minimum atomic E-state index is -3.26. The molecule has 1 N–H and O–H groups in total. The smallest absolute Gasteiger partial charge is 0.238 e. The molecule has 1 aliphatic heterocycles. The number of hydrogen-bond acceptors (Lipinski definition) is 3. The molecule has 0 radical (unpaired) electrons. The lowest BCUT2D eigenvalue weighted by Gasteiger charge is -2.23. The predicted octanol–water partition coefficient (Wildman–Crippen LogP) is 0.325. The largest absolute Gasteiger partial charge is 0.352 e. The maximum atomic E-state index is 12.0. The van der Waals surface area contributed by atoms with Crippen molar-refractivity contribution in [3.05, 3.63) is 0 Å². The van der Waals surface area contributed by atoms with E-state index in [2.05, 4.69) is 5.32 Å². The maximum absolute atomic E-state index is 12.0. The van der Waals surface area contributed by atoms with Crippen LogP contribution in [0.15, 0.2) is 0 Å². The van der Waals surface area contributed by atoms with Crippen molar-refractivity contribution >= 4 is 15.9 Å². The van der Waals surface area contributed by atoms with Gasteiger partial charge in [-0.1, -0.05) is 0 Å². The molecule has 2 rings (SSSR count). The molecule has 2 aliphatic rings. The van der Waals surface area contributed by atoms with E-state index in [9.17, 15) is 13.2 Å². The van der Waals surface area contributed by atoms with Gasteiger partial charge in [0.25, 0.3) is 0 Å². The van der Waals surface area contributed by atoms with E-state index in [0.717, 1.165) is 6.42 Å². The van der Waals surface area contributed by atoms with E-state index in [1.54, 1.807) is 0 Å². The monoisotopic (exact) mass is 260 g/mol. The number of nitrogens with zero attached hydrogens (tertiary/aromatic N) is 1. The van der Waals surface area contributed by atoms with E-state index in [1.165, 1.54) is 23.4 Å². The molecule has 98 valence electrons. The van der Waals surface area contributed by atoms with Gasteiger partial charge < -0.3 is 5.32 Å². The summed E-state index contributed by atoms with van der Waals surface area (Å²) in [6.45, 7) is 2.46. The van der Waals surface area contributed by atoms with Crippen molar-refractivity contribution in [3.63, 3.8) is 0 Å². The van der Waals surface area contributed by atoms with Gasteiger partial charge in [0, 0.05) is 12.6 Å². The highest BCUT2D eigenvalue weighted by Crippen LogP contribution is 2.32. The van der Waals surface area contributed by atoms with Gasteiger partial charge in [-0.3, -0.25) is 4.79 Å². The van der Waals surface area contributed by atoms with E-state index >= 15 is 0 Å². The van der Waals surface area contributed by atoms with Crippen LogP contribution in [0.4, 0.5) is 0 Å².